The molecule has 0 unspecified atom stereocenters. The van der Waals surface area contributed by atoms with Gasteiger partial charge in [-0.1, -0.05) is 109 Å². The molecule has 0 atom stereocenters. The molecule has 0 spiro atoms. The van der Waals surface area contributed by atoms with Gasteiger partial charge in [0.25, 0.3) is 0 Å². The number of pyridine rings is 1. The minimum absolute atomic E-state index is 0.729. The van der Waals surface area contributed by atoms with Gasteiger partial charge in [0.1, 0.15) is 0 Å². The molecule has 3 nitrogen and oxygen atoms in total. The fourth-order valence-corrected chi connectivity index (χ4v) is 5.84. The molecule has 1 aliphatic rings. The second-order valence-electron chi connectivity index (χ2n) is 10.1. The van der Waals surface area contributed by atoms with Crippen molar-refractivity contribution in [2.24, 2.45) is 0 Å². The number of nitrogens with zero attached hydrogens (tertiary/aromatic N) is 3. The lowest BCUT2D eigenvalue weighted by Crippen LogP contribution is -1.97. The first kappa shape index (κ1) is 22.6. The summed E-state index contributed by atoms with van der Waals surface area (Å²) < 4.78 is 0. The van der Waals surface area contributed by atoms with Gasteiger partial charge in [0.05, 0.1) is 11.4 Å². The van der Waals surface area contributed by atoms with Crippen LogP contribution in [-0.4, -0.2) is 15.0 Å². The van der Waals surface area contributed by atoms with Gasteiger partial charge in [0.15, 0.2) is 5.82 Å². The van der Waals surface area contributed by atoms with E-state index < -0.39 is 0 Å². The van der Waals surface area contributed by atoms with E-state index >= 15 is 0 Å². The number of aromatic nitrogens is 3. The lowest BCUT2D eigenvalue weighted by Gasteiger charge is -2.12. The van der Waals surface area contributed by atoms with Crippen LogP contribution < -0.4 is 0 Å². The molecule has 0 amide bonds. The van der Waals surface area contributed by atoms with Gasteiger partial charge in [-0.3, -0.25) is 4.98 Å². The molecule has 0 radical (unpaired) electrons. The summed E-state index contributed by atoms with van der Waals surface area (Å²) in [6.45, 7) is 0. The van der Waals surface area contributed by atoms with Gasteiger partial charge in [0.2, 0.25) is 0 Å². The normalized spacial score (nSPS) is 11.5. The van der Waals surface area contributed by atoms with Crippen LogP contribution >= 0.6 is 0 Å². The van der Waals surface area contributed by atoms with Crippen molar-refractivity contribution < 1.29 is 0 Å². The summed E-state index contributed by atoms with van der Waals surface area (Å²) in [7, 11) is 0. The van der Waals surface area contributed by atoms with Crippen molar-refractivity contribution in [1.82, 2.24) is 15.0 Å². The zero-order valence-electron chi connectivity index (χ0n) is 21.6. The van der Waals surface area contributed by atoms with E-state index in [2.05, 4.69) is 120 Å². The van der Waals surface area contributed by atoms with Crippen molar-refractivity contribution in [3.8, 4) is 67.3 Å². The van der Waals surface area contributed by atoms with Crippen molar-refractivity contribution in [2.75, 3.05) is 0 Å². The molecule has 0 saturated carbocycles. The zero-order valence-corrected chi connectivity index (χ0v) is 21.6. The van der Waals surface area contributed by atoms with Crippen LogP contribution in [0.15, 0.2) is 140 Å². The largest absolute Gasteiger partial charge is 0.264 e. The predicted octanol–water partition coefficient (Wildman–Crippen LogP) is 9.34. The first-order chi connectivity index (χ1) is 19.8. The number of benzene rings is 5. The first-order valence-electron chi connectivity index (χ1n) is 13.4. The quantitative estimate of drug-likeness (QED) is 0.237. The molecular weight excluding hydrogens is 486 g/mol. The highest BCUT2D eigenvalue weighted by molar-refractivity contribution is 6.18. The van der Waals surface area contributed by atoms with Crippen molar-refractivity contribution in [2.45, 2.75) is 0 Å². The van der Waals surface area contributed by atoms with E-state index in [4.69, 9.17) is 9.97 Å². The highest BCUT2D eigenvalue weighted by atomic mass is 14.9. The molecule has 40 heavy (non-hydrogen) atoms. The zero-order chi connectivity index (χ0) is 26.5. The molecule has 2 heterocycles. The second kappa shape index (κ2) is 9.11. The van der Waals surface area contributed by atoms with E-state index in [9.17, 15) is 0 Å². The molecule has 8 rings (SSSR count). The Balaban J connectivity index is 1.32. The van der Waals surface area contributed by atoms with E-state index in [0.717, 1.165) is 45.0 Å². The van der Waals surface area contributed by atoms with Crippen LogP contribution in [0.3, 0.4) is 0 Å². The maximum Gasteiger partial charge on any atom is 0.161 e. The smallest absolute Gasteiger partial charge is 0.161 e. The summed E-state index contributed by atoms with van der Waals surface area (Å²) in [5.41, 5.74) is 12.3. The number of fused-ring (bicyclic) bond motifs is 3. The molecule has 0 N–H and O–H groups in total. The van der Waals surface area contributed by atoms with Crippen molar-refractivity contribution in [3.63, 3.8) is 0 Å². The summed E-state index contributed by atoms with van der Waals surface area (Å²) in [5.74, 6) is 0.729. The van der Waals surface area contributed by atoms with Gasteiger partial charge in [-0.2, -0.15) is 0 Å². The fraction of sp³-hybridized carbons (Fsp3) is 0. The molecule has 2 aromatic heterocycles. The van der Waals surface area contributed by atoms with Crippen LogP contribution in [0.2, 0.25) is 0 Å². The van der Waals surface area contributed by atoms with E-state index in [1.165, 1.54) is 33.0 Å². The molecule has 7 aromatic rings. The van der Waals surface area contributed by atoms with Gasteiger partial charge >= 0.3 is 0 Å². The number of hydrogen-bond donors (Lipinski definition) is 0. The molecule has 1 aliphatic carbocycles. The van der Waals surface area contributed by atoms with E-state index in [1.54, 1.807) is 6.20 Å². The van der Waals surface area contributed by atoms with Gasteiger partial charge < -0.3 is 0 Å². The second-order valence-corrected chi connectivity index (χ2v) is 10.1. The number of rotatable bonds is 4. The van der Waals surface area contributed by atoms with E-state index in [1.807, 2.05) is 18.3 Å². The Hall–Kier alpha value is -5.41. The Kier molecular flexibility index (Phi) is 5.14. The SMILES string of the molecule is c1ccc(-c2cc(-c3ccc(-c4cccnc4)cc3)nc(-c3ccc4c5c(cccc35)-c3ccccc3-4)n2)cc1. The van der Waals surface area contributed by atoms with Gasteiger partial charge in [-0.15, -0.1) is 0 Å². The Labute approximate surface area is 232 Å². The number of hydrogen-bond acceptors (Lipinski definition) is 3. The van der Waals surface area contributed by atoms with Gasteiger partial charge in [-0.05, 0) is 62.4 Å². The van der Waals surface area contributed by atoms with Crippen LogP contribution in [0, 0.1) is 0 Å². The molecule has 0 saturated heterocycles. The fourth-order valence-electron chi connectivity index (χ4n) is 5.84. The van der Waals surface area contributed by atoms with Gasteiger partial charge in [-0.25, -0.2) is 9.97 Å². The summed E-state index contributed by atoms with van der Waals surface area (Å²) in [6, 6.07) is 44.6. The molecule has 0 bridgehead atoms. The third-order valence-corrected chi connectivity index (χ3v) is 7.76. The van der Waals surface area contributed by atoms with Crippen LogP contribution in [0.25, 0.3) is 78.1 Å². The highest BCUT2D eigenvalue weighted by Crippen LogP contribution is 2.49. The standard InChI is InChI=1S/C37H23N3/c1-2-8-25(9-3-1)34-22-35(26-17-15-24(16-18-26)27-10-7-21-38-23-27)40-37(39-34)33-20-19-32-29-12-5-4-11-28(29)30-13-6-14-31(33)36(30)32/h1-23H. The molecule has 3 heteroatoms. The lowest BCUT2D eigenvalue weighted by atomic mass is 9.97. The molecule has 0 fully saturated rings. The Morgan fingerprint density at radius 2 is 1.00 bits per heavy atom. The molecular formula is C37H23N3. The summed E-state index contributed by atoms with van der Waals surface area (Å²) in [5, 5.41) is 2.45. The maximum atomic E-state index is 5.16. The third-order valence-electron chi connectivity index (χ3n) is 7.76. The molecule has 0 aliphatic heterocycles. The maximum absolute atomic E-state index is 5.16. The highest BCUT2D eigenvalue weighted by Gasteiger charge is 2.23. The lowest BCUT2D eigenvalue weighted by molar-refractivity contribution is 1.19. The van der Waals surface area contributed by atoms with E-state index in [0.29, 0.717) is 0 Å². The first-order valence-corrected chi connectivity index (χ1v) is 13.4. The Morgan fingerprint density at radius 1 is 0.400 bits per heavy atom. The van der Waals surface area contributed by atoms with Gasteiger partial charge in [0, 0.05) is 29.1 Å². The minimum Gasteiger partial charge on any atom is -0.264 e. The average molecular weight is 510 g/mol. The topological polar surface area (TPSA) is 38.7 Å². The summed E-state index contributed by atoms with van der Waals surface area (Å²) in [4.78, 5) is 14.5. The summed E-state index contributed by atoms with van der Waals surface area (Å²) in [6.07, 6.45) is 3.68. The Bertz CT molecular complexity index is 2000. The summed E-state index contributed by atoms with van der Waals surface area (Å²) >= 11 is 0. The predicted molar refractivity (Wildman–Crippen MR) is 164 cm³/mol. The monoisotopic (exact) mass is 509 g/mol. The van der Waals surface area contributed by atoms with Crippen molar-refractivity contribution in [3.05, 3.63) is 140 Å². The van der Waals surface area contributed by atoms with Crippen LogP contribution in [-0.2, 0) is 0 Å². The Morgan fingerprint density at radius 3 is 1.73 bits per heavy atom. The van der Waals surface area contributed by atoms with Crippen LogP contribution in [0.5, 0.6) is 0 Å². The van der Waals surface area contributed by atoms with Crippen LogP contribution in [0.1, 0.15) is 0 Å². The molecule has 186 valence electrons. The van der Waals surface area contributed by atoms with E-state index in [-0.39, 0.29) is 0 Å². The van der Waals surface area contributed by atoms with Crippen LogP contribution in [0.4, 0.5) is 0 Å². The van der Waals surface area contributed by atoms with Crippen molar-refractivity contribution >= 4 is 10.8 Å². The molecule has 5 aromatic carbocycles. The van der Waals surface area contributed by atoms with Crippen molar-refractivity contribution in [1.29, 1.82) is 0 Å². The minimum atomic E-state index is 0.729. The third kappa shape index (κ3) is 3.63. The average Bonchev–Trinajstić information content (AvgIpc) is 3.37.